The number of rotatable bonds is 2. The lowest BCUT2D eigenvalue weighted by Gasteiger charge is -2.09. The molecule has 0 bridgehead atoms. The van der Waals surface area contributed by atoms with Crippen molar-refractivity contribution in [3.8, 4) is 0 Å². The van der Waals surface area contributed by atoms with Gasteiger partial charge in [0.05, 0.1) is 0 Å². The number of pyridine rings is 1. The second kappa shape index (κ2) is 5.39. The van der Waals surface area contributed by atoms with Crippen molar-refractivity contribution >= 4 is 22.4 Å². The molecule has 1 aromatic heterocycles. The van der Waals surface area contributed by atoms with Crippen LogP contribution in [-0.2, 0) is 12.8 Å². The van der Waals surface area contributed by atoms with Crippen LogP contribution in [0.15, 0.2) is 53.3 Å². The molecule has 4 nitrogen and oxygen atoms in total. The number of carbonyl (C=O) groups excluding carboxylic acids is 1. The Hall–Kier alpha value is -2.88. The van der Waals surface area contributed by atoms with Gasteiger partial charge < -0.3 is 10.3 Å². The van der Waals surface area contributed by atoms with E-state index in [-0.39, 0.29) is 17.0 Å². The van der Waals surface area contributed by atoms with Crippen LogP contribution in [0.3, 0.4) is 0 Å². The number of aromatic nitrogens is 1. The molecule has 23 heavy (non-hydrogen) atoms. The first-order chi connectivity index (χ1) is 11.2. The highest BCUT2D eigenvalue weighted by molar-refractivity contribution is 6.09. The summed E-state index contributed by atoms with van der Waals surface area (Å²) in [6.45, 7) is 0. The molecule has 0 atom stereocenters. The smallest absolute Gasteiger partial charge is 0.261 e. The molecular formula is C19H16N2O2. The number of aryl methyl sites for hydroxylation is 2. The van der Waals surface area contributed by atoms with Gasteiger partial charge in [0.15, 0.2) is 0 Å². The third-order valence-corrected chi connectivity index (χ3v) is 4.37. The molecule has 0 aliphatic heterocycles. The summed E-state index contributed by atoms with van der Waals surface area (Å²) in [4.78, 5) is 27.5. The van der Waals surface area contributed by atoms with Crippen molar-refractivity contribution in [2.75, 3.05) is 5.32 Å². The maximum absolute atomic E-state index is 12.5. The van der Waals surface area contributed by atoms with Crippen LogP contribution in [0, 0.1) is 0 Å². The maximum Gasteiger partial charge on any atom is 0.261 e. The number of hydrogen-bond donors (Lipinski definition) is 2. The Morgan fingerprint density at radius 2 is 1.87 bits per heavy atom. The van der Waals surface area contributed by atoms with Gasteiger partial charge in [0.1, 0.15) is 5.56 Å². The molecule has 0 saturated heterocycles. The highest BCUT2D eigenvalue weighted by Crippen LogP contribution is 2.24. The molecule has 1 aliphatic rings. The van der Waals surface area contributed by atoms with Crippen LogP contribution in [0.5, 0.6) is 0 Å². The van der Waals surface area contributed by atoms with E-state index in [1.165, 1.54) is 0 Å². The summed E-state index contributed by atoms with van der Waals surface area (Å²) in [7, 11) is 0. The van der Waals surface area contributed by atoms with Crippen molar-refractivity contribution in [3.05, 3.63) is 75.7 Å². The third kappa shape index (κ3) is 2.42. The maximum atomic E-state index is 12.5. The van der Waals surface area contributed by atoms with E-state index in [4.69, 9.17) is 0 Å². The van der Waals surface area contributed by atoms with Gasteiger partial charge in [-0.05, 0) is 42.3 Å². The van der Waals surface area contributed by atoms with Crippen LogP contribution in [0.1, 0.15) is 28.0 Å². The van der Waals surface area contributed by atoms with Crippen molar-refractivity contribution in [2.24, 2.45) is 0 Å². The topological polar surface area (TPSA) is 62.0 Å². The molecule has 0 saturated carbocycles. The highest BCUT2D eigenvalue weighted by atomic mass is 16.2. The predicted molar refractivity (Wildman–Crippen MR) is 91.0 cm³/mol. The van der Waals surface area contributed by atoms with E-state index < -0.39 is 0 Å². The number of aromatic amines is 1. The molecule has 1 heterocycles. The second-order valence-corrected chi connectivity index (χ2v) is 5.85. The summed E-state index contributed by atoms with van der Waals surface area (Å²) >= 11 is 0. The molecule has 0 spiro atoms. The fraction of sp³-hybridized carbons (Fsp3) is 0.158. The Morgan fingerprint density at radius 1 is 1.04 bits per heavy atom. The van der Waals surface area contributed by atoms with Gasteiger partial charge in [-0.2, -0.15) is 0 Å². The molecule has 4 heteroatoms. The number of nitrogens with one attached hydrogen (secondary N) is 2. The van der Waals surface area contributed by atoms with Gasteiger partial charge >= 0.3 is 0 Å². The number of carbonyl (C=O) groups is 1. The molecule has 2 aromatic carbocycles. The quantitative estimate of drug-likeness (QED) is 0.763. The zero-order valence-electron chi connectivity index (χ0n) is 12.6. The van der Waals surface area contributed by atoms with Crippen molar-refractivity contribution < 1.29 is 4.79 Å². The molecule has 0 radical (unpaired) electrons. The standard InChI is InChI=1S/C19H16N2O2/c22-18-15(11-13-7-4-9-16(13)20-18)19(23)21-17-10-3-6-12-5-1-2-8-14(12)17/h1-3,5-6,8,10-11H,4,7,9H2,(H,20,22)(H,21,23). The monoisotopic (exact) mass is 304 g/mol. The molecule has 1 aliphatic carbocycles. The van der Waals surface area contributed by atoms with Crippen molar-refractivity contribution in [1.29, 1.82) is 0 Å². The summed E-state index contributed by atoms with van der Waals surface area (Å²) < 4.78 is 0. The zero-order chi connectivity index (χ0) is 15.8. The SMILES string of the molecule is O=C(Nc1cccc2ccccc12)c1cc2c([nH]c1=O)CCC2. The van der Waals surface area contributed by atoms with E-state index in [1.54, 1.807) is 6.07 Å². The van der Waals surface area contributed by atoms with Crippen molar-refractivity contribution in [1.82, 2.24) is 4.98 Å². The highest BCUT2D eigenvalue weighted by Gasteiger charge is 2.18. The van der Waals surface area contributed by atoms with E-state index in [1.807, 2.05) is 42.5 Å². The third-order valence-electron chi connectivity index (χ3n) is 4.37. The molecule has 3 aromatic rings. The fourth-order valence-electron chi connectivity index (χ4n) is 3.21. The molecule has 0 fully saturated rings. The number of anilines is 1. The van der Waals surface area contributed by atoms with E-state index in [0.717, 1.165) is 41.3 Å². The van der Waals surface area contributed by atoms with Gasteiger partial charge in [-0.15, -0.1) is 0 Å². The molecule has 4 rings (SSSR count). The van der Waals surface area contributed by atoms with E-state index in [2.05, 4.69) is 10.3 Å². The zero-order valence-corrected chi connectivity index (χ0v) is 12.6. The largest absolute Gasteiger partial charge is 0.325 e. The van der Waals surface area contributed by atoms with Crippen molar-refractivity contribution in [2.45, 2.75) is 19.3 Å². The average Bonchev–Trinajstić information content (AvgIpc) is 3.01. The first kappa shape index (κ1) is 13.8. The molecule has 114 valence electrons. The molecule has 2 N–H and O–H groups in total. The number of fused-ring (bicyclic) bond motifs is 2. The Balaban J connectivity index is 1.72. The average molecular weight is 304 g/mol. The van der Waals surface area contributed by atoms with E-state index in [9.17, 15) is 9.59 Å². The lowest BCUT2D eigenvalue weighted by atomic mass is 10.1. The van der Waals surface area contributed by atoms with Gasteiger partial charge in [-0.3, -0.25) is 9.59 Å². The fourth-order valence-corrected chi connectivity index (χ4v) is 3.21. The Labute approximate surface area is 133 Å². The van der Waals surface area contributed by atoms with E-state index in [0.29, 0.717) is 5.69 Å². The minimum Gasteiger partial charge on any atom is -0.325 e. The Bertz CT molecular complexity index is 967. The lowest BCUT2D eigenvalue weighted by Crippen LogP contribution is -2.24. The Morgan fingerprint density at radius 3 is 2.78 bits per heavy atom. The number of H-pyrrole nitrogens is 1. The second-order valence-electron chi connectivity index (χ2n) is 5.85. The van der Waals surface area contributed by atoms with Gasteiger partial charge in [-0.1, -0.05) is 36.4 Å². The molecule has 1 amide bonds. The van der Waals surface area contributed by atoms with Crippen LogP contribution in [0.4, 0.5) is 5.69 Å². The number of amides is 1. The van der Waals surface area contributed by atoms with Crippen molar-refractivity contribution in [3.63, 3.8) is 0 Å². The van der Waals surface area contributed by atoms with Gasteiger partial charge in [0.25, 0.3) is 11.5 Å². The minimum absolute atomic E-state index is 0.179. The normalized spacial score (nSPS) is 13.0. The van der Waals surface area contributed by atoms with Crippen LogP contribution in [0.25, 0.3) is 10.8 Å². The first-order valence-corrected chi connectivity index (χ1v) is 7.76. The number of benzene rings is 2. The lowest BCUT2D eigenvalue weighted by molar-refractivity contribution is 0.102. The van der Waals surface area contributed by atoms with Crippen LogP contribution in [-0.4, -0.2) is 10.9 Å². The minimum atomic E-state index is -0.364. The van der Waals surface area contributed by atoms with Gasteiger partial charge in [-0.25, -0.2) is 0 Å². The molecule has 0 unspecified atom stereocenters. The first-order valence-electron chi connectivity index (χ1n) is 7.76. The van der Waals surface area contributed by atoms with E-state index >= 15 is 0 Å². The van der Waals surface area contributed by atoms with Gasteiger partial charge in [0, 0.05) is 16.8 Å². The predicted octanol–water partition coefficient (Wildman–Crippen LogP) is 3.27. The summed E-state index contributed by atoms with van der Waals surface area (Å²) in [5, 5.41) is 4.88. The number of hydrogen-bond acceptors (Lipinski definition) is 2. The summed E-state index contributed by atoms with van der Waals surface area (Å²) in [6.07, 6.45) is 2.83. The Kier molecular flexibility index (Phi) is 3.23. The van der Waals surface area contributed by atoms with Crippen LogP contribution >= 0.6 is 0 Å². The summed E-state index contributed by atoms with van der Waals surface area (Å²) in [6, 6.07) is 15.3. The van der Waals surface area contributed by atoms with Crippen LogP contribution in [0.2, 0.25) is 0 Å². The van der Waals surface area contributed by atoms with Gasteiger partial charge in [0.2, 0.25) is 0 Å². The summed E-state index contributed by atoms with van der Waals surface area (Å²) in [5.74, 6) is -0.364. The van der Waals surface area contributed by atoms with Crippen LogP contribution < -0.4 is 10.9 Å². The summed E-state index contributed by atoms with van der Waals surface area (Å²) in [5.41, 5.74) is 2.62. The molecular weight excluding hydrogens is 288 g/mol.